The first-order valence-corrected chi connectivity index (χ1v) is 5.01. The molecule has 0 amide bonds. The molecular weight excluding hydrogens is 168 g/mol. The Balaban J connectivity index is 2.21. The van der Waals surface area contributed by atoms with Crippen molar-refractivity contribution < 1.29 is 0 Å². The summed E-state index contributed by atoms with van der Waals surface area (Å²) in [7, 11) is 0. The summed E-state index contributed by atoms with van der Waals surface area (Å²) in [4.78, 5) is 8.84. The van der Waals surface area contributed by atoms with Crippen LogP contribution in [0.3, 0.4) is 0 Å². The minimum Gasteiger partial charge on any atom is -0.240 e. The van der Waals surface area contributed by atoms with Gasteiger partial charge < -0.3 is 0 Å². The van der Waals surface area contributed by atoms with E-state index in [1.807, 2.05) is 6.20 Å². The average molecular weight is 176 g/mol. The van der Waals surface area contributed by atoms with Gasteiger partial charge in [0.25, 0.3) is 0 Å². The molecule has 0 spiro atoms. The van der Waals surface area contributed by atoms with E-state index in [0.29, 0.717) is 5.92 Å². The fraction of sp³-hybridized carbons (Fsp3) is 0.333. The van der Waals surface area contributed by atoms with Crippen molar-refractivity contribution in [2.24, 2.45) is 0 Å². The second-order valence-electron chi connectivity index (χ2n) is 3.17. The third-order valence-electron chi connectivity index (χ3n) is 2.16. The van der Waals surface area contributed by atoms with Crippen LogP contribution < -0.4 is 0 Å². The van der Waals surface area contributed by atoms with Crippen molar-refractivity contribution >= 4 is 21.6 Å². The number of rotatable bonds is 1. The summed E-state index contributed by atoms with van der Waals surface area (Å²) in [5, 5.41) is 2.07. The molecule has 2 nitrogen and oxygen atoms in total. The molecule has 0 aromatic carbocycles. The number of hydrogen-bond donors (Lipinski definition) is 0. The first kappa shape index (κ1) is 6.54. The maximum absolute atomic E-state index is 4.50. The number of nitrogens with zero attached hydrogens (tertiary/aromatic N) is 2. The van der Waals surface area contributed by atoms with Crippen LogP contribution in [0.25, 0.3) is 10.2 Å². The van der Waals surface area contributed by atoms with Gasteiger partial charge in [0.2, 0.25) is 0 Å². The normalized spacial score (nSPS) is 17.0. The van der Waals surface area contributed by atoms with Gasteiger partial charge in [-0.25, -0.2) is 9.97 Å². The molecule has 3 rings (SSSR count). The number of thiophene rings is 1. The molecule has 2 aromatic heterocycles. The quantitative estimate of drug-likeness (QED) is 0.667. The number of aromatic nitrogens is 2. The first-order valence-electron chi connectivity index (χ1n) is 4.13. The van der Waals surface area contributed by atoms with E-state index in [1.165, 1.54) is 17.5 Å². The Morgan fingerprint density at radius 1 is 1.42 bits per heavy atom. The predicted octanol–water partition coefficient (Wildman–Crippen LogP) is 2.57. The molecule has 1 aliphatic rings. The topological polar surface area (TPSA) is 25.8 Å². The minimum absolute atomic E-state index is 0.661. The van der Waals surface area contributed by atoms with Gasteiger partial charge in [0.1, 0.15) is 5.82 Å². The molecule has 0 N–H and O–H groups in total. The Kier molecular flexibility index (Phi) is 1.23. The second-order valence-corrected chi connectivity index (χ2v) is 4.12. The van der Waals surface area contributed by atoms with E-state index in [1.54, 1.807) is 11.3 Å². The lowest BCUT2D eigenvalue weighted by molar-refractivity contribution is 0.949. The largest absolute Gasteiger partial charge is 0.240 e. The molecule has 1 aliphatic carbocycles. The second kappa shape index (κ2) is 2.26. The lowest BCUT2D eigenvalue weighted by Gasteiger charge is -1.94. The van der Waals surface area contributed by atoms with Gasteiger partial charge in [-0.2, -0.15) is 0 Å². The van der Waals surface area contributed by atoms with E-state index in [9.17, 15) is 0 Å². The summed E-state index contributed by atoms with van der Waals surface area (Å²) in [6.07, 6.45) is 4.49. The van der Waals surface area contributed by atoms with Gasteiger partial charge in [-0.05, 0) is 24.3 Å². The highest BCUT2D eigenvalue weighted by Gasteiger charge is 2.26. The first-order chi connectivity index (χ1) is 5.93. The van der Waals surface area contributed by atoms with Crippen LogP contribution in [0.4, 0.5) is 0 Å². The van der Waals surface area contributed by atoms with Crippen LogP contribution in [0.2, 0.25) is 0 Å². The molecule has 0 unspecified atom stereocenters. The summed E-state index contributed by atoms with van der Waals surface area (Å²) in [5.41, 5.74) is 1.11. The third kappa shape index (κ3) is 0.932. The molecule has 12 heavy (non-hydrogen) atoms. The molecule has 2 aromatic rings. The van der Waals surface area contributed by atoms with Crippen LogP contribution in [-0.4, -0.2) is 9.97 Å². The Hall–Kier alpha value is -0.960. The van der Waals surface area contributed by atoms with Crippen LogP contribution >= 0.6 is 11.3 Å². The monoisotopic (exact) mass is 176 g/mol. The van der Waals surface area contributed by atoms with Crippen molar-refractivity contribution in [3.8, 4) is 0 Å². The highest BCUT2D eigenvalue weighted by molar-refractivity contribution is 7.17. The maximum Gasteiger partial charge on any atom is 0.132 e. The lowest BCUT2D eigenvalue weighted by Crippen LogP contribution is -1.89. The molecule has 2 heterocycles. The average Bonchev–Trinajstić information content (AvgIpc) is 2.84. The van der Waals surface area contributed by atoms with Gasteiger partial charge in [0, 0.05) is 12.1 Å². The van der Waals surface area contributed by atoms with Gasteiger partial charge >= 0.3 is 0 Å². The molecule has 1 saturated carbocycles. The molecule has 0 saturated heterocycles. The van der Waals surface area contributed by atoms with E-state index in [2.05, 4.69) is 21.4 Å². The van der Waals surface area contributed by atoms with Crippen molar-refractivity contribution in [2.75, 3.05) is 0 Å². The summed E-state index contributed by atoms with van der Waals surface area (Å²) in [6.45, 7) is 0. The Morgan fingerprint density at radius 3 is 3.17 bits per heavy atom. The van der Waals surface area contributed by atoms with E-state index >= 15 is 0 Å². The van der Waals surface area contributed by atoms with Crippen LogP contribution in [0.1, 0.15) is 24.6 Å². The third-order valence-corrected chi connectivity index (χ3v) is 3.01. The molecule has 3 heteroatoms. The van der Waals surface area contributed by atoms with Crippen LogP contribution in [0.15, 0.2) is 17.6 Å². The van der Waals surface area contributed by atoms with Gasteiger partial charge in [-0.15, -0.1) is 11.3 Å². The van der Waals surface area contributed by atoms with Crippen LogP contribution in [0.5, 0.6) is 0 Å². The van der Waals surface area contributed by atoms with Crippen molar-refractivity contribution in [3.05, 3.63) is 23.5 Å². The Morgan fingerprint density at radius 2 is 2.33 bits per heavy atom. The molecule has 0 atom stereocenters. The molecule has 60 valence electrons. The molecular formula is C9H8N2S. The van der Waals surface area contributed by atoms with E-state index in [4.69, 9.17) is 0 Å². The number of hydrogen-bond acceptors (Lipinski definition) is 3. The Labute approximate surface area is 74.3 Å². The van der Waals surface area contributed by atoms with Gasteiger partial charge in [-0.3, -0.25) is 0 Å². The molecule has 1 fully saturated rings. The van der Waals surface area contributed by atoms with Crippen molar-refractivity contribution in [3.63, 3.8) is 0 Å². The summed E-state index contributed by atoms with van der Waals surface area (Å²) in [6, 6.07) is 2.06. The number of fused-ring (bicyclic) bond motifs is 1. The highest BCUT2D eigenvalue weighted by atomic mass is 32.1. The maximum atomic E-state index is 4.50. The zero-order valence-electron chi connectivity index (χ0n) is 6.53. The van der Waals surface area contributed by atoms with Crippen LogP contribution in [-0.2, 0) is 0 Å². The summed E-state index contributed by atoms with van der Waals surface area (Å²) >= 11 is 1.70. The fourth-order valence-corrected chi connectivity index (χ4v) is 2.01. The highest BCUT2D eigenvalue weighted by Crippen LogP contribution is 2.38. The van der Waals surface area contributed by atoms with E-state index in [0.717, 1.165) is 11.3 Å². The smallest absolute Gasteiger partial charge is 0.132 e. The summed E-state index contributed by atoms with van der Waals surface area (Å²) < 4.78 is 1.19. The summed E-state index contributed by atoms with van der Waals surface area (Å²) in [5.74, 6) is 1.70. The Bertz CT molecular complexity index is 417. The van der Waals surface area contributed by atoms with E-state index < -0.39 is 0 Å². The zero-order valence-corrected chi connectivity index (χ0v) is 7.34. The van der Waals surface area contributed by atoms with Gasteiger partial charge in [0.05, 0.1) is 10.2 Å². The van der Waals surface area contributed by atoms with Crippen molar-refractivity contribution in [1.29, 1.82) is 0 Å². The zero-order chi connectivity index (χ0) is 7.97. The standard InChI is InChI=1S/C9H8N2S/c1-2-6(1)9-10-5-8-7(11-9)3-4-12-8/h3-6H,1-2H2. The minimum atomic E-state index is 0.661. The van der Waals surface area contributed by atoms with Crippen molar-refractivity contribution in [1.82, 2.24) is 9.97 Å². The fourth-order valence-electron chi connectivity index (χ4n) is 1.32. The SMILES string of the molecule is c1cc2nc(C3CC3)ncc2s1. The van der Waals surface area contributed by atoms with E-state index in [-0.39, 0.29) is 0 Å². The van der Waals surface area contributed by atoms with Crippen LogP contribution in [0, 0.1) is 0 Å². The lowest BCUT2D eigenvalue weighted by atomic mass is 10.4. The van der Waals surface area contributed by atoms with Gasteiger partial charge in [0.15, 0.2) is 0 Å². The van der Waals surface area contributed by atoms with Crippen molar-refractivity contribution in [2.45, 2.75) is 18.8 Å². The van der Waals surface area contributed by atoms with Gasteiger partial charge in [-0.1, -0.05) is 0 Å². The molecule has 0 bridgehead atoms. The molecule has 0 radical (unpaired) electrons. The molecule has 0 aliphatic heterocycles. The predicted molar refractivity (Wildman–Crippen MR) is 49.4 cm³/mol.